The van der Waals surface area contributed by atoms with Gasteiger partial charge >= 0.3 is 11.9 Å². The number of alkyl halides is 3. The number of hydrogen-bond donors (Lipinski definition) is 1. The maximum Gasteiger partial charge on any atom is 0.416 e. The first kappa shape index (κ1) is 21.5. The van der Waals surface area contributed by atoms with E-state index in [1.807, 2.05) is 0 Å². The van der Waals surface area contributed by atoms with Gasteiger partial charge in [-0.15, -0.1) is 0 Å². The molecule has 7 nitrogen and oxygen atoms in total. The summed E-state index contributed by atoms with van der Waals surface area (Å²) in [6.45, 7) is 0. The predicted molar refractivity (Wildman–Crippen MR) is 106 cm³/mol. The second-order valence-corrected chi connectivity index (χ2v) is 6.14. The molecule has 0 radical (unpaired) electrons. The summed E-state index contributed by atoms with van der Waals surface area (Å²) in [5, 5.41) is 15.1. The summed E-state index contributed by atoms with van der Waals surface area (Å²) in [6, 6.07) is 16.6. The van der Waals surface area contributed by atoms with Gasteiger partial charge in [0.05, 0.1) is 16.7 Å². The van der Waals surface area contributed by atoms with Crippen LogP contribution in [0.25, 0.3) is 0 Å². The highest BCUT2D eigenvalue weighted by Gasteiger charge is 2.33. The summed E-state index contributed by atoms with van der Waals surface area (Å²) >= 11 is 0. The molecule has 0 atom stereocenters. The largest absolute Gasteiger partial charge is 0.449 e. The van der Waals surface area contributed by atoms with Crippen molar-refractivity contribution in [2.24, 2.45) is 5.10 Å². The van der Waals surface area contributed by atoms with Gasteiger partial charge in [-0.1, -0.05) is 30.3 Å². The minimum Gasteiger partial charge on any atom is -0.449 e. The van der Waals surface area contributed by atoms with Crippen molar-refractivity contribution in [2.75, 3.05) is 0 Å². The van der Waals surface area contributed by atoms with E-state index < -0.39 is 28.3 Å². The lowest BCUT2D eigenvalue weighted by Crippen LogP contribution is -2.17. The molecular weight excluding hydrogens is 415 g/mol. The fraction of sp³-hybridized carbons (Fsp3) is 0.0476. The lowest BCUT2D eigenvalue weighted by molar-refractivity contribution is -0.385. The highest BCUT2D eigenvalue weighted by atomic mass is 19.4. The molecule has 1 N–H and O–H groups in total. The predicted octanol–water partition coefficient (Wildman–Crippen LogP) is 5.17. The Morgan fingerprint density at radius 2 is 1.68 bits per heavy atom. The summed E-state index contributed by atoms with van der Waals surface area (Å²) in [4.78, 5) is 22.3. The van der Waals surface area contributed by atoms with Crippen molar-refractivity contribution in [3.05, 3.63) is 99.6 Å². The number of halogens is 3. The normalized spacial score (nSPS) is 11.3. The molecule has 31 heavy (non-hydrogen) atoms. The number of benzene rings is 3. The highest BCUT2D eigenvalue weighted by Crippen LogP contribution is 2.38. The number of nitro groups is 1. The van der Waals surface area contributed by atoms with Crippen LogP contribution in [-0.4, -0.2) is 17.0 Å². The van der Waals surface area contributed by atoms with E-state index in [2.05, 4.69) is 10.5 Å². The Labute approximate surface area is 173 Å². The fourth-order valence-electron chi connectivity index (χ4n) is 2.54. The summed E-state index contributed by atoms with van der Waals surface area (Å²) in [5.41, 5.74) is 1.07. The maximum absolute atomic E-state index is 12.9. The standard InChI is InChI=1S/C21H14F3N3O4/c22-21(23,24)16-10-11-19(17(12-16)27(29)30)31-18-9-5-4-8-15(18)13-25-26-20(28)14-6-2-1-3-7-14/h1-13H,(H,26,28)/b25-13-. The molecule has 0 aliphatic rings. The van der Waals surface area contributed by atoms with E-state index in [0.717, 1.165) is 6.07 Å². The number of para-hydroxylation sites is 1. The molecule has 0 aliphatic heterocycles. The van der Waals surface area contributed by atoms with Crippen LogP contribution in [-0.2, 0) is 6.18 Å². The quantitative estimate of drug-likeness (QED) is 0.332. The van der Waals surface area contributed by atoms with Gasteiger partial charge in [-0.3, -0.25) is 14.9 Å². The van der Waals surface area contributed by atoms with Crippen LogP contribution >= 0.6 is 0 Å². The van der Waals surface area contributed by atoms with Gasteiger partial charge in [0.15, 0.2) is 0 Å². The van der Waals surface area contributed by atoms with Gasteiger partial charge in [0.1, 0.15) is 5.75 Å². The van der Waals surface area contributed by atoms with E-state index in [9.17, 15) is 28.1 Å². The lowest BCUT2D eigenvalue weighted by atomic mass is 10.1. The van der Waals surface area contributed by atoms with Crippen molar-refractivity contribution in [3.63, 3.8) is 0 Å². The number of amides is 1. The van der Waals surface area contributed by atoms with E-state index in [1.54, 1.807) is 48.5 Å². The van der Waals surface area contributed by atoms with Gasteiger partial charge in [0, 0.05) is 17.2 Å². The van der Waals surface area contributed by atoms with Gasteiger partial charge in [-0.25, -0.2) is 5.43 Å². The van der Waals surface area contributed by atoms with E-state index in [4.69, 9.17) is 4.74 Å². The van der Waals surface area contributed by atoms with E-state index >= 15 is 0 Å². The first-order valence-corrected chi connectivity index (χ1v) is 8.76. The summed E-state index contributed by atoms with van der Waals surface area (Å²) in [7, 11) is 0. The van der Waals surface area contributed by atoms with Crippen LogP contribution < -0.4 is 10.2 Å². The zero-order valence-electron chi connectivity index (χ0n) is 15.7. The molecule has 3 aromatic carbocycles. The molecule has 0 aromatic heterocycles. The third kappa shape index (κ3) is 5.44. The van der Waals surface area contributed by atoms with Crippen molar-refractivity contribution in [1.82, 2.24) is 5.43 Å². The number of rotatable bonds is 6. The molecule has 0 spiro atoms. The molecule has 0 heterocycles. The third-order valence-electron chi connectivity index (χ3n) is 4.03. The Morgan fingerprint density at radius 3 is 2.35 bits per heavy atom. The van der Waals surface area contributed by atoms with Crippen LogP contribution in [0.15, 0.2) is 77.9 Å². The summed E-state index contributed by atoms with van der Waals surface area (Å²) in [5.74, 6) is -0.719. The monoisotopic (exact) mass is 429 g/mol. The molecule has 0 bridgehead atoms. The second kappa shape index (κ2) is 9.08. The average Bonchev–Trinajstić information content (AvgIpc) is 2.74. The van der Waals surface area contributed by atoms with E-state index in [-0.39, 0.29) is 11.5 Å². The van der Waals surface area contributed by atoms with Gasteiger partial charge in [-0.05, 0) is 36.4 Å². The number of nitro benzene ring substituents is 1. The van der Waals surface area contributed by atoms with E-state index in [1.165, 1.54) is 12.3 Å². The minimum atomic E-state index is -4.73. The molecule has 1 amide bonds. The van der Waals surface area contributed by atoms with Gasteiger partial charge < -0.3 is 4.74 Å². The topological polar surface area (TPSA) is 93.8 Å². The molecular formula is C21H14F3N3O4. The Hall–Kier alpha value is -4.21. The van der Waals surface area contributed by atoms with Crippen LogP contribution in [0.2, 0.25) is 0 Å². The van der Waals surface area contributed by atoms with Crippen LogP contribution in [0.1, 0.15) is 21.5 Å². The Morgan fingerprint density at radius 1 is 1.00 bits per heavy atom. The van der Waals surface area contributed by atoms with Crippen molar-refractivity contribution < 1.29 is 27.6 Å². The lowest BCUT2D eigenvalue weighted by Gasteiger charge is -2.11. The molecule has 0 saturated carbocycles. The second-order valence-electron chi connectivity index (χ2n) is 6.14. The number of nitrogens with zero attached hydrogens (tertiary/aromatic N) is 2. The van der Waals surface area contributed by atoms with Crippen molar-refractivity contribution in [1.29, 1.82) is 0 Å². The first-order valence-electron chi connectivity index (χ1n) is 8.76. The summed E-state index contributed by atoms with van der Waals surface area (Å²) < 4.78 is 44.1. The molecule has 0 fully saturated rings. The minimum absolute atomic E-state index is 0.100. The Balaban J connectivity index is 1.82. The molecule has 0 unspecified atom stereocenters. The summed E-state index contributed by atoms with van der Waals surface area (Å²) in [6.07, 6.45) is -3.48. The molecule has 0 aliphatic carbocycles. The SMILES string of the molecule is O=C(N/N=C\c1ccccc1Oc1ccc(C(F)(F)F)cc1[N+](=O)[O-])c1ccccc1. The van der Waals surface area contributed by atoms with Crippen molar-refractivity contribution in [3.8, 4) is 11.5 Å². The Kier molecular flexibility index (Phi) is 6.29. The molecule has 0 saturated heterocycles. The van der Waals surface area contributed by atoms with Crippen molar-refractivity contribution in [2.45, 2.75) is 6.18 Å². The Bertz CT molecular complexity index is 1130. The van der Waals surface area contributed by atoms with Crippen LogP contribution in [0, 0.1) is 10.1 Å². The van der Waals surface area contributed by atoms with E-state index in [0.29, 0.717) is 23.3 Å². The molecule has 3 rings (SSSR count). The van der Waals surface area contributed by atoms with Gasteiger partial charge in [-0.2, -0.15) is 18.3 Å². The smallest absolute Gasteiger partial charge is 0.416 e. The third-order valence-corrected chi connectivity index (χ3v) is 4.03. The van der Waals surface area contributed by atoms with Crippen LogP contribution in [0.3, 0.4) is 0 Å². The zero-order valence-corrected chi connectivity index (χ0v) is 15.7. The number of ether oxygens (including phenoxy) is 1. The number of carbonyl (C=O) groups excluding carboxylic acids is 1. The van der Waals surface area contributed by atoms with Gasteiger partial charge in [0.25, 0.3) is 5.91 Å². The number of nitrogens with one attached hydrogen (secondary N) is 1. The van der Waals surface area contributed by atoms with Crippen molar-refractivity contribution >= 4 is 17.8 Å². The molecule has 158 valence electrons. The highest BCUT2D eigenvalue weighted by molar-refractivity contribution is 5.95. The number of hydrogen-bond acceptors (Lipinski definition) is 5. The van der Waals surface area contributed by atoms with Gasteiger partial charge in [0.2, 0.25) is 5.75 Å². The maximum atomic E-state index is 12.9. The van der Waals surface area contributed by atoms with Crippen LogP contribution in [0.4, 0.5) is 18.9 Å². The number of hydrazone groups is 1. The molecule has 3 aromatic rings. The van der Waals surface area contributed by atoms with Crippen LogP contribution in [0.5, 0.6) is 11.5 Å². The molecule has 10 heteroatoms. The number of carbonyl (C=O) groups is 1. The average molecular weight is 429 g/mol. The first-order chi connectivity index (χ1) is 14.8. The zero-order chi connectivity index (χ0) is 22.4. The fourth-order valence-corrected chi connectivity index (χ4v) is 2.54.